The third-order valence-electron chi connectivity index (χ3n) is 5.18. The van der Waals surface area contributed by atoms with Gasteiger partial charge in [-0.15, -0.1) is 11.8 Å². The molecule has 0 aliphatic carbocycles. The van der Waals surface area contributed by atoms with Crippen LogP contribution in [0.25, 0.3) is 0 Å². The summed E-state index contributed by atoms with van der Waals surface area (Å²) in [5.41, 5.74) is 3.68. The number of amides is 1. The summed E-state index contributed by atoms with van der Waals surface area (Å²) in [6, 6.07) is 17.0. The van der Waals surface area contributed by atoms with Crippen LogP contribution in [0.4, 0.5) is 5.69 Å². The van der Waals surface area contributed by atoms with Gasteiger partial charge in [0.05, 0.1) is 11.8 Å². The lowest BCUT2D eigenvalue weighted by atomic mass is 9.99. The lowest BCUT2D eigenvalue weighted by Crippen LogP contribution is -2.34. The number of carbonyl (C=O) groups is 1. The van der Waals surface area contributed by atoms with Gasteiger partial charge < -0.3 is 10.2 Å². The quantitative estimate of drug-likeness (QED) is 0.697. The molecule has 0 aromatic heterocycles. The molecular weight excluding hydrogens is 352 g/mol. The van der Waals surface area contributed by atoms with Gasteiger partial charge in [-0.2, -0.15) is 0 Å². The van der Waals surface area contributed by atoms with Crippen LogP contribution in [-0.4, -0.2) is 24.7 Å². The van der Waals surface area contributed by atoms with Crippen molar-refractivity contribution in [3.8, 4) is 0 Å². The van der Waals surface area contributed by atoms with Gasteiger partial charge in [0.1, 0.15) is 0 Å². The third-order valence-corrected chi connectivity index (χ3v) is 6.20. The van der Waals surface area contributed by atoms with Gasteiger partial charge in [0.15, 0.2) is 0 Å². The third kappa shape index (κ3) is 5.77. The topological polar surface area (TPSA) is 32.3 Å². The first-order valence-electron chi connectivity index (χ1n) is 9.85. The number of thioether (sulfide) groups is 1. The van der Waals surface area contributed by atoms with E-state index in [4.69, 9.17) is 0 Å². The molecule has 1 N–H and O–H groups in total. The van der Waals surface area contributed by atoms with Gasteiger partial charge in [0, 0.05) is 23.7 Å². The Kier molecular flexibility index (Phi) is 6.84. The van der Waals surface area contributed by atoms with Gasteiger partial charge in [-0.3, -0.25) is 4.79 Å². The van der Waals surface area contributed by atoms with Gasteiger partial charge in [-0.05, 0) is 62.4 Å². The van der Waals surface area contributed by atoms with E-state index in [0.29, 0.717) is 5.75 Å². The molecule has 1 aliphatic heterocycles. The van der Waals surface area contributed by atoms with Gasteiger partial charge in [-0.1, -0.05) is 36.8 Å². The van der Waals surface area contributed by atoms with E-state index >= 15 is 0 Å². The molecule has 3 rings (SSSR count). The molecule has 1 saturated heterocycles. The molecule has 2 aromatic rings. The smallest absolute Gasteiger partial charge is 0.230 e. The first-order valence-corrected chi connectivity index (χ1v) is 10.8. The van der Waals surface area contributed by atoms with Crippen LogP contribution in [0.15, 0.2) is 53.4 Å². The van der Waals surface area contributed by atoms with E-state index in [2.05, 4.69) is 72.6 Å². The van der Waals surface area contributed by atoms with Crippen molar-refractivity contribution >= 4 is 23.4 Å². The summed E-state index contributed by atoms with van der Waals surface area (Å²) in [5.74, 6) is 1.28. The van der Waals surface area contributed by atoms with Crippen molar-refractivity contribution < 1.29 is 4.79 Å². The molecule has 1 aliphatic rings. The van der Waals surface area contributed by atoms with Crippen molar-refractivity contribution in [3.63, 3.8) is 0 Å². The Morgan fingerprint density at radius 1 is 1.19 bits per heavy atom. The zero-order valence-electron chi connectivity index (χ0n) is 16.6. The molecule has 0 unspecified atom stereocenters. The minimum atomic E-state index is 0.0189. The molecule has 3 nitrogen and oxygen atoms in total. The van der Waals surface area contributed by atoms with Crippen molar-refractivity contribution in [2.24, 2.45) is 5.92 Å². The zero-order chi connectivity index (χ0) is 19.2. The van der Waals surface area contributed by atoms with E-state index in [-0.39, 0.29) is 11.9 Å². The maximum Gasteiger partial charge on any atom is 0.230 e. The van der Waals surface area contributed by atoms with Crippen molar-refractivity contribution in [2.45, 2.75) is 44.6 Å². The van der Waals surface area contributed by atoms with Crippen LogP contribution in [0.2, 0.25) is 0 Å². The standard InChI is InChI=1S/C23H30N2OS/c1-17-6-12-22(13-7-17)27-16-23(26)24-19(3)20-8-10-21(11-9-20)25-14-4-5-18(2)15-25/h6-13,18-19H,4-5,14-16H2,1-3H3,(H,24,26)/t18-,19+/m1/s1. The Labute approximate surface area is 167 Å². The number of rotatable bonds is 6. The molecule has 144 valence electrons. The fraction of sp³-hybridized carbons (Fsp3) is 0.435. The molecular formula is C23H30N2OS. The molecule has 2 atom stereocenters. The summed E-state index contributed by atoms with van der Waals surface area (Å²) in [6.07, 6.45) is 2.60. The van der Waals surface area contributed by atoms with Gasteiger partial charge in [-0.25, -0.2) is 0 Å². The number of anilines is 1. The normalized spacial score (nSPS) is 18.2. The Hall–Kier alpha value is -1.94. The van der Waals surface area contributed by atoms with Gasteiger partial charge in [0.2, 0.25) is 5.91 Å². The molecule has 0 bridgehead atoms. The summed E-state index contributed by atoms with van der Waals surface area (Å²) in [5, 5.41) is 3.11. The van der Waals surface area contributed by atoms with Crippen molar-refractivity contribution in [3.05, 3.63) is 59.7 Å². The van der Waals surface area contributed by atoms with Gasteiger partial charge in [0.25, 0.3) is 0 Å². The molecule has 2 aromatic carbocycles. The molecule has 1 heterocycles. The van der Waals surface area contributed by atoms with Crippen molar-refractivity contribution in [1.29, 1.82) is 0 Å². The molecule has 0 radical (unpaired) electrons. The van der Waals surface area contributed by atoms with Crippen molar-refractivity contribution in [1.82, 2.24) is 5.32 Å². The summed E-state index contributed by atoms with van der Waals surface area (Å²) in [4.78, 5) is 15.9. The number of hydrogen-bond acceptors (Lipinski definition) is 3. The van der Waals surface area contributed by atoms with E-state index in [9.17, 15) is 4.79 Å². The van der Waals surface area contributed by atoms with Crippen molar-refractivity contribution in [2.75, 3.05) is 23.7 Å². The highest BCUT2D eigenvalue weighted by molar-refractivity contribution is 8.00. The van der Waals surface area contributed by atoms with Gasteiger partial charge >= 0.3 is 0 Å². The van der Waals surface area contributed by atoms with Crippen LogP contribution in [0.5, 0.6) is 0 Å². The van der Waals surface area contributed by atoms with Crippen LogP contribution in [0.1, 0.15) is 43.9 Å². The highest BCUT2D eigenvalue weighted by Gasteiger charge is 2.17. The first kappa shape index (κ1) is 19.8. The lowest BCUT2D eigenvalue weighted by Gasteiger charge is -2.33. The number of carbonyl (C=O) groups excluding carboxylic acids is 1. The van der Waals surface area contributed by atoms with E-state index in [0.717, 1.165) is 29.5 Å². The fourth-order valence-electron chi connectivity index (χ4n) is 3.55. The summed E-state index contributed by atoms with van der Waals surface area (Å²) >= 11 is 1.58. The molecule has 0 saturated carbocycles. The van der Waals surface area contributed by atoms with E-state index in [1.807, 2.05) is 6.92 Å². The minimum absolute atomic E-state index is 0.0189. The molecule has 1 amide bonds. The van der Waals surface area contributed by atoms with Crippen LogP contribution in [0.3, 0.4) is 0 Å². The van der Waals surface area contributed by atoms with E-state index in [1.54, 1.807) is 11.8 Å². The van der Waals surface area contributed by atoms with Crippen LogP contribution in [-0.2, 0) is 4.79 Å². The second-order valence-corrected chi connectivity index (χ2v) is 8.72. The number of aryl methyl sites for hydroxylation is 1. The van der Waals surface area contributed by atoms with Crippen LogP contribution in [0, 0.1) is 12.8 Å². The Morgan fingerprint density at radius 3 is 2.56 bits per heavy atom. The van der Waals surface area contributed by atoms with E-state index < -0.39 is 0 Å². The Morgan fingerprint density at radius 2 is 1.89 bits per heavy atom. The minimum Gasteiger partial charge on any atom is -0.371 e. The average molecular weight is 383 g/mol. The van der Waals surface area contributed by atoms with Crippen LogP contribution < -0.4 is 10.2 Å². The monoisotopic (exact) mass is 382 g/mol. The highest BCUT2D eigenvalue weighted by Crippen LogP contribution is 2.25. The SMILES string of the molecule is Cc1ccc(SCC(=O)N[C@@H](C)c2ccc(N3CCC[C@@H](C)C3)cc2)cc1. The van der Waals surface area contributed by atoms with E-state index in [1.165, 1.54) is 24.1 Å². The summed E-state index contributed by atoms with van der Waals surface area (Å²) < 4.78 is 0. The zero-order valence-corrected chi connectivity index (χ0v) is 17.4. The number of nitrogens with one attached hydrogen (secondary N) is 1. The second-order valence-electron chi connectivity index (χ2n) is 7.68. The predicted molar refractivity (Wildman–Crippen MR) is 116 cm³/mol. The highest BCUT2D eigenvalue weighted by atomic mass is 32.2. The fourth-order valence-corrected chi connectivity index (χ4v) is 4.26. The predicted octanol–water partition coefficient (Wildman–Crippen LogP) is 5.20. The molecule has 27 heavy (non-hydrogen) atoms. The van der Waals surface area contributed by atoms with Crippen LogP contribution >= 0.6 is 11.8 Å². The summed E-state index contributed by atoms with van der Waals surface area (Å²) in [7, 11) is 0. The molecule has 0 spiro atoms. The number of hydrogen-bond donors (Lipinski definition) is 1. The number of piperidine rings is 1. The maximum atomic E-state index is 12.3. The first-order chi connectivity index (χ1) is 13.0. The average Bonchev–Trinajstić information content (AvgIpc) is 2.67. The summed E-state index contributed by atoms with van der Waals surface area (Å²) in [6.45, 7) is 8.73. The Balaban J connectivity index is 1.50. The number of nitrogens with zero attached hydrogens (tertiary/aromatic N) is 1. The maximum absolute atomic E-state index is 12.3. The molecule has 1 fully saturated rings. The number of benzene rings is 2. The lowest BCUT2D eigenvalue weighted by molar-refractivity contribution is -0.119. The Bertz CT molecular complexity index is 742. The largest absolute Gasteiger partial charge is 0.371 e. The second kappa shape index (κ2) is 9.32. The molecule has 4 heteroatoms.